The summed E-state index contributed by atoms with van der Waals surface area (Å²) in [6.45, 7) is 3.66. The van der Waals surface area contributed by atoms with Crippen molar-refractivity contribution in [3.63, 3.8) is 0 Å². The van der Waals surface area contributed by atoms with Gasteiger partial charge in [0.15, 0.2) is 6.61 Å². The second kappa shape index (κ2) is 9.51. The first kappa shape index (κ1) is 23.5. The quantitative estimate of drug-likeness (QED) is 0.477. The maximum atomic E-state index is 12.7. The van der Waals surface area contributed by atoms with Crippen LogP contribution in [0.25, 0.3) is 0 Å². The van der Waals surface area contributed by atoms with Gasteiger partial charge >= 0.3 is 11.7 Å². The van der Waals surface area contributed by atoms with E-state index in [1.165, 1.54) is 27.9 Å². The molecule has 10 nitrogen and oxygen atoms in total. The fraction of sp³-hybridized carbons (Fsp3) is 0.476. The number of nitrogens with zero attached hydrogens (tertiary/aromatic N) is 3. The van der Waals surface area contributed by atoms with Crippen molar-refractivity contribution in [3.8, 4) is 0 Å². The van der Waals surface area contributed by atoms with Gasteiger partial charge in [-0.3, -0.25) is 23.5 Å². The number of likely N-dealkylation sites (tertiary alicyclic amines) is 1. The van der Waals surface area contributed by atoms with Crippen LogP contribution in [-0.2, 0) is 23.1 Å². The minimum atomic E-state index is -0.844. The van der Waals surface area contributed by atoms with Crippen LogP contribution < -0.4 is 17.0 Å². The minimum Gasteiger partial charge on any atom is -0.456 e. The third kappa shape index (κ3) is 4.52. The van der Waals surface area contributed by atoms with Crippen molar-refractivity contribution in [1.82, 2.24) is 14.0 Å². The second-order valence-corrected chi connectivity index (χ2v) is 9.02. The number of ether oxygens (including phenoxy) is 1. The van der Waals surface area contributed by atoms with E-state index in [1.54, 1.807) is 17.5 Å². The Balaban J connectivity index is 1.76. The van der Waals surface area contributed by atoms with E-state index in [4.69, 9.17) is 10.5 Å². The monoisotopic (exact) mass is 462 g/mol. The molecular formula is C21H26N4O6S. The number of thiophene rings is 1. The average molecular weight is 463 g/mol. The zero-order valence-electron chi connectivity index (χ0n) is 18.2. The molecule has 11 heteroatoms. The molecule has 0 radical (unpaired) electrons. The fourth-order valence-electron chi connectivity index (χ4n) is 3.69. The molecule has 0 bridgehead atoms. The van der Waals surface area contributed by atoms with E-state index in [1.807, 2.05) is 13.8 Å². The molecule has 0 spiro atoms. The van der Waals surface area contributed by atoms with Crippen molar-refractivity contribution in [2.45, 2.75) is 39.3 Å². The summed E-state index contributed by atoms with van der Waals surface area (Å²) < 4.78 is 7.15. The smallest absolute Gasteiger partial charge is 0.332 e. The predicted octanol–water partition coefficient (Wildman–Crippen LogP) is 0.877. The lowest BCUT2D eigenvalue weighted by Gasteiger charge is -2.22. The van der Waals surface area contributed by atoms with Gasteiger partial charge in [-0.25, -0.2) is 9.59 Å². The lowest BCUT2D eigenvalue weighted by molar-refractivity contribution is -0.147. The molecule has 1 saturated heterocycles. The third-order valence-electron chi connectivity index (χ3n) is 5.27. The lowest BCUT2D eigenvalue weighted by atomic mass is 10.1. The highest BCUT2D eigenvalue weighted by molar-refractivity contribution is 7.12. The molecule has 0 aliphatic carbocycles. The van der Waals surface area contributed by atoms with Crippen LogP contribution in [0, 0.1) is 5.92 Å². The van der Waals surface area contributed by atoms with Crippen molar-refractivity contribution in [1.29, 1.82) is 0 Å². The Labute approximate surface area is 188 Å². The normalized spacial score (nSPS) is 15.9. The predicted molar refractivity (Wildman–Crippen MR) is 119 cm³/mol. The Morgan fingerprint density at radius 3 is 2.62 bits per heavy atom. The molecule has 32 heavy (non-hydrogen) atoms. The van der Waals surface area contributed by atoms with Gasteiger partial charge in [-0.15, -0.1) is 11.3 Å². The first-order chi connectivity index (χ1) is 15.1. The third-order valence-corrected chi connectivity index (χ3v) is 6.13. The van der Waals surface area contributed by atoms with Gasteiger partial charge in [-0.1, -0.05) is 19.9 Å². The van der Waals surface area contributed by atoms with Crippen molar-refractivity contribution >= 4 is 34.8 Å². The van der Waals surface area contributed by atoms with Crippen LogP contribution in [0.1, 0.15) is 46.7 Å². The van der Waals surface area contributed by atoms with E-state index in [0.717, 1.165) is 4.57 Å². The Morgan fingerprint density at radius 2 is 2.00 bits per heavy atom. The summed E-state index contributed by atoms with van der Waals surface area (Å²) in [7, 11) is 1.26. The zero-order valence-corrected chi connectivity index (χ0v) is 19.0. The summed E-state index contributed by atoms with van der Waals surface area (Å²) >= 11 is 1.28. The molecular weight excluding hydrogens is 436 g/mol. The summed E-state index contributed by atoms with van der Waals surface area (Å²) in [4.78, 5) is 64.9. The van der Waals surface area contributed by atoms with Crippen LogP contribution in [0.15, 0.2) is 27.1 Å². The minimum absolute atomic E-state index is 0.0440. The topological polar surface area (TPSA) is 134 Å². The molecule has 2 N–H and O–H groups in total. The Morgan fingerprint density at radius 1 is 1.28 bits per heavy atom. The van der Waals surface area contributed by atoms with E-state index in [0.29, 0.717) is 24.3 Å². The average Bonchev–Trinajstić information content (AvgIpc) is 3.45. The van der Waals surface area contributed by atoms with Gasteiger partial charge in [0.25, 0.3) is 11.5 Å². The molecule has 0 saturated carbocycles. The summed E-state index contributed by atoms with van der Waals surface area (Å²) in [6.07, 6.45) is 1.06. The molecule has 0 unspecified atom stereocenters. The van der Waals surface area contributed by atoms with Gasteiger partial charge in [0.1, 0.15) is 17.4 Å². The van der Waals surface area contributed by atoms with E-state index in [-0.39, 0.29) is 24.2 Å². The summed E-state index contributed by atoms with van der Waals surface area (Å²) in [5, 5.41) is 1.78. The molecule has 1 aliphatic heterocycles. The Kier molecular flexibility index (Phi) is 6.97. The van der Waals surface area contributed by atoms with E-state index in [9.17, 15) is 24.0 Å². The number of aromatic nitrogens is 2. The number of carbonyl (C=O) groups excluding carboxylic acids is 3. The molecule has 172 valence electrons. The van der Waals surface area contributed by atoms with Gasteiger partial charge in [-0.2, -0.15) is 0 Å². The second-order valence-electron chi connectivity index (χ2n) is 8.08. The van der Waals surface area contributed by atoms with Gasteiger partial charge in [0.05, 0.1) is 4.88 Å². The van der Waals surface area contributed by atoms with E-state index in [2.05, 4.69) is 0 Å². The summed E-state index contributed by atoms with van der Waals surface area (Å²) in [6, 6.07) is 2.64. The first-order valence-electron chi connectivity index (χ1n) is 10.3. The summed E-state index contributed by atoms with van der Waals surface area (Å²) in [5.41, 5.74) is 4.13. The standard InChI is InChI=1S/C21H26N4O6S/c1-12(2)10-25-17(22)16(19(28)23(3)21(25)30)14(26)11-31-20(29)13-6-4-8-24(13)18(27)15-7-5-9-32-15/h5,7,9,12-13H,4,6,8,10-11,22H2,1-3H3/t13-/m0/s1. The number of nitrogens with two attached hydrogens (primary N) is 1. The number of ketones is 1. The lowest BCUT2D eigenvalue weighted by Crippen LogP contribution is -2.44. The number of hydrogen-bond acceptors (Lipinski definition) is 8. The molecule has 3 heterocycles. The molecule has 1 atom stereocenters. The maximum Gasteiger partial charge on any atom is 0.332 e. The van der Waals surface area contributed by atoms with Crippen LogP contribution in [-0.4, -0.2) is 50.9 Å². The van der Waals surface area contributed by atoms with Gasteiger partial charge in [0, 0.05) is 20.1 Å². The molecule has 1 aliphatic rings. The number of hydrogen-bond donors (Lipinski definition) is 1. The molecule has 2 aromatic heterocycles. The number of esters is 1. The van der Waals surface area contributed by atoms with Crippen molar-refractivity contribution in [3.05, 3.63) is 48.8 Å². The largest absolute Gasteiger partial charge is 0.456 e. The van der Waals surface area contributed by atoms with E-state index < -0.39 is 41.2 Å². The number of carbonyl (C=O) groups is 3. The molecule has 1 fully saturated rings. The number of rotatable bonds is 7. The zero-order chi connectivity index (χ0) is 23.6. The van der Waals surface area contributed by atoms with Crippen LogP contribution >= 0.6 is 11.3 Å². The number of Topliss-reactive ketones (excluding diaryl/α,β-unsaturated/α-hetero) is 1. The molecule has 2 aromatic rings. The van der Waals surface area contributed by atoms with Crippen molar-refractivity contribution in [2.75, 3.05) is 18.9 Å². The fourth-order valence-corrected chi connectivity index (χ4v) is 4.37. The highest BCUT2D eigenvalue weighted by Gasteiger charge is 2.36. The van der Waals surface area contributed by atoms with Crippen molar-refractivity contribution in [2.24, 2.45) is 13.0 Å². The highest BCUT2D eigenvalue weighted by Crippen LogP contribution is 2.23. The van der Waals surface area contributed by atoms with E-state index >= 15 is 0 Å². The van der Waals surface area contributed by atoms with Crippen LogP contribution in [0.3, 0.4) is 0 Å². The molecule has 0 aromatic carbocycles. The summed E-state index contributed by atoms with van der Waals surface area (Å²) in [5.74, 6) is -1.98. The van der Waals surface area contributed by atoms with Crippen LogP contribution in [0.4, 0.5) is 5.82 Å². The number of nitrogen functional groups attached to an aromatic ring is 1. The maximum absolute atomic E-state index is 12.7. The Bertz CT molecular complexity index is 1150. The number of anilines is 1. The van der Waals surface area contributed by atoms with Gasteiger partial charge in [-0.05, 0) is 30.2 Å². The Hall–Kier alpha value is -3.21. The number of amides is 1. The van der Waals surface area contributed by atoms with Crippen LogP contribution in [0.2, 0.25) is 0 Å². The van der Waals surface area contributed by atoms with Crippen molar-refractivity contribution < 1.29 is 19.1 Å². The van der Waals surface area contributed by atoms with Crippen LogP contribution in [0.5, 0.6) is 0 Å². The molecule has 1 amide bonds. The SMILES string of the molecule is CC(C)Cn1c(N)c(C(=O)COC(=O)[C@@H]2CCCN2C(=O)c2cccs2)c(=O)n(C)c1=O. The van der Waals surface area contributed by atoms with Gasteiger partial charge in [0.2, 0.25) is 5.78 Å². The first-order valence-corrected chi connectivity index (χ1v) is 11.1. The highest BCUT2D eigenvalue weighted by atomic mass is 32.1. The molecule has 3 rings (SSSR count). The van der Waals surface area contributed by atoms with Gasteiger partial charge < -0.3 is 15.4 Å².